The van der Waals surface area contributed by atoms with Crippen molar-refractivity contribution in [3.8, 4) is 0 Å². The summed E-state index contributed by atoms with van der Waals surface area (Å²) in [6, 6.07) is 17.6. The molecular formula is C26H27N5O6S. The zero-order valence-electron chi connectivity index (χ0n) is 20.3. The van der Waals surface area contributed by atoms with E-state index in [1.807, 2.05) is 28.2 Å². The second kappa shape index (κ2) is 13.2. The highest BCUT2D eigenvalue weighted by atomic mass is 32.2. The highest BCUT2D eigenvalue weighted by Gasteiger charge is 2.20. The van der Waals surface area contributed by atoms with Gasteiger partial charge in [0.15, 0.2) is 0 Å². The van der Waals surface area contributed by atoms with Crippen molar-refractivity contribution in [1.82, 2.24) is 20.3 Å². The summed E-state index contributed by atoms with van der Waals surface area (Å²) in [4.78, 5) is 51.4. The van der Waals surface area contributed by atoms with Gasteiger partial charge in [0, 0.05) is 18.3 Å². The number of benzene rings is 2. The molecule has 0 aliphatic rings. The van der Waals surface area contributed by atoms with E-state index in [4.69, 9.17) is 5.73 Å². The first-order valence-electron chi connectivity index (χ1n) is 11.7. The third-order valence-electron chi connectivity index (χ3n) is 5.37. The molecule has 0 saturated carbocycles. The SMILES string of the molecule is NCC(=O)NC(=O)c1ccc(C(=O)NS(=O)(=O)c2ccc(C(=O)NCCCCc3ccccc3)cc2)cn1. The Bertz CT molecular complexity index is 1390. The minimum Gasteiger partial charge on any atom is -0.352 e. The summed E-state index contributed by atoms with van der Waals surface area (Å²) in [6.45, 7) is 0.102. The molecule has 0 aliphatic heterocycles. The van der Waals surface area contributed by atoms with E-state index in [0.717, 1.165) is 31.5 Å². The van der Waals surface area contributed by atoms with Crippen LogP contribution in [0.5, 0.6) is 0 Å². The van der Waals surface area contributed by atoms with Crippen molar-refractivity contribution in [2.24, 2.45) is 5.73 Å². The number of hydrogen-bond donors (Lipinski definition) is 4. The van der Waals surface area contributed by atoms with Crippen molar-refractivity contribution in [3.63, 3.8) is 0 Å². The van der Waals surface area contributed by atoms with Gasteiger partial charge in [-0.05, 0) is 61.2 Å². The molecule has 3 aromatic rings. The predicted molar refractivity (Wildman–Crippen MR) is 139 cm³/mol. The van der Waals surface area contributed by atoms with Gasteiger partial charge in [0.25, 0.3) is 27.7 Å². The topological polar surface area (TPSA) is 177 Å². The molecule has 11 nitrogen and oxygen atoms in total. The van der Waals surface area contributed by atoms with Gasteiger partial charge in [-0.2, -0.15) is 0 Å². The zero-order valence-corrected chi connectivity index (χ0v) is 21.2. The Morgan fingerprint density at radius 2 is 1.47 bits per heavy atom. The monoisotopic (exact) mass is 537 g/mol. The van der Waals surface area contributed by atoms with Crippen molar-refractivity contribution in [2.75, 3.05) is 13.1 Å². The first kappa shape index (κ1) is 28.2. The maximum absolute atomic E-state index is 12.6. The number of nitrogens with zero attached hydrogens (tertiary/aromatic N) is 1. The molecular weight excluding hydrogens is 510 g/mol. The Hall–Kier alpha value is -4.42. The largest absolute Gasteiger partial charge is 0.352 e. The maximum atomic E-state index is 12.6. The summed E-state index contributed by atoms with van der Waals surface area (Å²) in [5, 5.41) is 4.80. The summed E-state index contributed by atoms with van der Waals surface area (Å²) >= 11 is 0. The fraction of sp³-hybridized carbons (Fsp3) is 0.192. The van der Waals surface area contributed by atoms with Crippen molar-refractivity contribution in [3.05, 3.63) is 95.3 Å². The molecule has 0 fully saturated rings. The first-order chi connectivity index (χ1) is 18.2. The normalized spacial score (nSPS) is 10.9. The molecule has 12 heteroatoms. The zero-order chi connectivity index (χ0) is 27.5. The van der Waals surface area contributed by atoms with Crippen molar-refractivity contribution in [2.45, 2.75) is 24.2 Å². The van der Waals surface area contributed by atoms with Crippen LogP contribution in [0.25, 0.3) is 0 Å². The van der Waals surface area contributed by atoms with Crippen LogP contribution in [-0.4, -0.2) is 50.1 Å². The highest BCUT2D eigenvalue weighted by molar-refractivity contribution is 7.90. The molecule has 0 radical (unpaired) electrons. The van der Waals surface area contributed by atoms with Crippen LogP contribution >= 0.6 is 0 Å². The van der Waals surface area contributed by atoms with Gasteiger partial charge in [-0.1, -0.05) is 30.3 Å². The first-order valence-corrected chi connectivity index (χ1v) is 13.2. The molecule has 0 bridgehead atoms. The van der Waals surface area contributed by atoms with E-state index < -0.39 is 27.7 Å². The van der Waals surface area contributed by atoms with Crippen molar-refractivity contribution < 1.29 is 27.6 Å². The number of carbonyl (C=O) groups is 4. The van der Waals surface area contributed by atoms with Gasteiger partial charge in [0.05, 0.1) is 17.0 Å². The van der Waals surface area contributed by atoms with Crippen molar-refractivity contribution >= 4 is 33.7 Å². The standard InChI is InChI=1S/C26H27N5O6S/c27-16-23(32)30-26(35)22-14-11-20(17-29-22)25(34)31-38(36,37)21-12-9-19(10-13-21)24(33)28-15-5-4-8-18-6-2-1-3-7-18/h1-3,6-7,9-14,17H,4-5,8,15-16,27H2,(H,28,33)(H,31,34)(H,30,32,35). The fourth-order valence-electron chi connectivity index (χ4n) is 3.33. The number of aromatic nitrogens is 1. The van der Waals surface area contributed by atoms with E-state index in [1.165, 1.54) is 35.9 Å². The van der Waals surface area contributed by atoms with Crippen LogP contribution in [0.15, 0.2) is 77.8 Å². The van der Waals surface area contributed by atoms with Gasteiger partial charge in [0.2, 0.25) is 5.91 Å². The van der Waals surface area contributed by atoms with Crippen LogP contribution in [0.4, 0.5) is 0 Å². The minimum atomic E-state index is -4.24. The molecule has 0 saturated heterocycles. The summed E-state index contributed by atoms with van der Waals surface area (Å²) < 4.78 is 27.2. The summed E-state index contributed by atoms with van der Waals surface area (Å²) in [5.41, 5.74) is 6.36. The molecule has 1 heterocycles. The van der Waals surface area contributed by atoms with E-state index >= 15 is 0 Å². The average molecular weight is 538 g/mol. The number of amides is 4. The number of imide groups is 1. The Morgan fingerprint density at radius 3 is 2.11 bits per heavy atom. The predicted octanol–water partition coefficient (Wildman–Crippen LogP) is 1.17. The number of sulfonamides is 1. The molecule has 2 aromatic carbocycles. The van der Waals surface area contributed by atoms with E-state index in [-0.39, 0.29) is 34.2 Å². The summed E-state index contributed by atoms with van der Waals surface area (Å²) in [5.74, 6) is -2.82. The van der Waals surface area contributed by atoms with Gasteiger partial charge < -0.3 is 11.1 Å². The van der Waals surface area contributed by atoms with Gasteiger partial charge in [-0.25, -0.2) is 13.1 Å². The Balaban J connectivity index is 1.51. The Morgan fingerprint density at radius 1 is 0.789 bits per heavy atom. The van der Waals surface area contributed by atoms with Gasteiger partial charge in [0.1, 0.15) is 5.69 Å². The number of nitrogens with one attached hydrogen (secondary N) is 3. The van der Waals surface area contributed by atoms with Crippen LogP contribution in [0.1, 0.15) is 49.6 Å². The molecule has 0 unspecified atom stereocenters. The molecule has 198 valence electrons. The van der Waals surface area contributed by atoms with Crippen LogP contribution in [0.2, 0.25) is 0 Å². The number of unbranched alkanes of at least 4 members (excludes halogenated alkanes) is 1. The second-order valence-electron chi connectivity index (χ2n) is 8.17. The highest BCUT2D eigenvalue weighted by Crippen LogP contribution is 2.12. The lowest BCUT2D eigenvalue weighted by molar-refractivity contribution is -0.118. The van der Waals surface area contributed by atoms with Gasteiger partial charge in [-0.3, -0.25) is 29.5 Å². The van der Waals surface area contributed by atoms with E-state index in [2.05, 4.69) is 22.4 Å². The lowest BCUT2D eigenvalue weighted by atomic mass is 10.1. The average Bonchev–Trinajstić information content (AvgIpc) is 2.93. The second-order valence-corrected chi connectivity index (χ2v) is 9.85. The molecule has 0 aliphatic carbocycles. The van der Waals surface area contributed by atoms with Gasteiger partial charge in [-0.15, -0.1) is 0 Å². The molecule has 5 N–H and O–H groups in total. The maximum Gasteiger partial charge on any atom is 0.276 e. The molecule has 0 atom stereocenters. The summed E-state index contributed by atoms with van der Waals surface area (Å²) in [6.07, 6.45) is 3.63. The smallest absolute Gasteiger partial charge is 0.276 e. The van der Waals surface area contributed by atoms with Crippen LogP contribution in [-0.2, 0) is 21.2 Å². The fourth-order valence-corrected chi connectivity index (χ4v) is 4.31. The molecule has 4 amide bonds. The number of aryl methyl sites for hydroxylation is 1. The number of hydrogen-bond acceptors (Lipinski definition) is 8. The molecule has 38 heavy (non-hydrogen) atoms. The number of rotatable bonds is 11. The van der Waals surface area contributed by atoms with E-state index in [0.29, 0.717) is 6.54 Å². The van der Waals surface area contributed by atoms with Crippen LogP contribution in [0, 0.1) is 0 Å². The number of pyridine rings is 1. The third kappa shape index (κ3) is 8.05. The van der Waals surface area contributed by atoms with E-state index in [1.54, 1.807) is 0 Å². The summed E-state index contributed by atoms with van der Waals surface area (Å²) in [7, 11) is -4.24. The quantitative estimate of drug-likeness (QED) is 0.263. The Labute approximate surface area is 219 Å². The van der Waals surface area contributed by atoms with Crippen molar-refractivity contribution in [1.29, 1.82) is 0 Å². The van der Waals surface area contributed by atoms with Gasteiger partial charge >= 0.3 is 0 Å². The Kier molecular flexibility index (Phi) is 9.79. The van der Waals surface area contributed by atoms with E-state index in [9.17, 15) is 27.6 Å². The molecule has 1 aromatic heterocycles. The molecule has 3 rings (SSSR count). The molecule has 0 spiro atoms. The van der Waals surface area contributed by atoms with Crippen LogP contribution in [0.3, 0.4) is 0 Å². The lowest BCUT2D eigenvalue weighted by Crippen LogP contribution is -2.36. The number of carbonyl (C=O) groups excluding carboxylic acids is 4. The lowest BCUT2D eigenvalue weighted by Gasteiger charge is -2.09. The third-order valence-corrected chi connectivity index (χ3v) is 6.72. The van der Waals surface area contributed by atoms with Crippen LogP contribution < -0.4 is 21.1 Å². The number of nitrogens with two attached hydrogens (primary N) is 1. The minimum absolute atomic E-state index is 0.126.